The van der Waals surface area contributed by atoms with Gasteiger partial charge in [-0.15, -0.1) is 0 Å². The highest BCUT2D eigenvalue weighted by molar-refractivity contribution is 6.30. The minimum Gasteiger partial charge on any atom is -0.356 e. The van der Waals surface area contributed by atoms with Gasteiger partial charge < -0.3 is 15.2 Å². The molecule has 1 saturated heterocycles. The largest absolute Gasteiger partial charge is 0.356 e. The van der Waals surface area contributed by atoms with E-state index in [1.165, 1.54) is 12.8 Å². The van der Waals surface area contributed by atoms with Crippen molar-refractivity contribution in [1.29, 1.82) is 0 Å². The fourth-order valence-electron chi connectivity index (χ4n) is 2.19. The van der Waals surface area contributed by atoms with Crippen molar-refractivity contribution in [3.63, 3.8) is 0 Å². The fourth-order valence-corrected chi connectivity index (χ4v) is 2.35. The summed E-state index contributed by atoms with van der Waals surface area (Å²) in [4.78, 5) is 16.7. The van der Waals surface area contributed by atoms with Crippen LogP contribution in [0.4, 0.5) is 0 Å². The van der Waals surface area contributed by atoms with E-state index in [0.29, 0.717) is 16.8 Å². The molecule has 4 nitrogen and oxygen atoms in total. The summed E-state index contributed by atoms with van der Waals surface area (Å²) in [6.45, 7) is 1.80. The molecular weight excluding hydrogens is 238 g/mol. The summed E-state index contributed by atoms with van der Waals surface area (Å²) in [7, 11) is 1.83. The van der Waals surface area contributed by atoms with Gasteiger partial charge in [0.25, 0.3) is 5.91 Å². The Bertz CT molecular complexity index is 385. The van der Waals surface area contributed by atoms with Crippen molar-refractivity contribution in [1.82, 2.24) is 15.2 Å². The normalized spacial score (nSPS) is 20.2. The second-order valence-electron chi connectivity index (χ2n) is 4.56. The van der Waals surface area contributed by atoms with Crippen molar-refractivity contribution in [2.24, 2.45) is 0 Å². The second kappa shape index (κ2) is 5.56. The van der Waals surface area contributed by atoms with Gasteiger partial charge in [-0.2, -0.15) is 0 Å². The van der Waals surface area contributed by atoms with Gasteiger partial charge >= 0.3 is 0 Å². The molecule has 2 N–H and O–H groups in total. The molecule has 5 heteroatoms. The third-order valence-electron chi connectivity index (χ3n) is 3.13. The standard InChI is InChI=1S/C12H18ClN3O/c1-16(8-10-4-2-3-5-14-10)12(17)11-6-9(13)7-15-11/h6-7,10,14-15H,2-5,8H2,1H3. The lowest BCUT2D eigenvalue weighted by Crippen LogP contribution is -2.44. The van der Waals surface area contributed by atoms with Crippen LogP contribution in [0.2, 0.25) is 5.02 Å². The van der Waals surface area contributed by atoms with Gasteiger partial charge in [-0.1, -0.05) is 18.0 Å². The van der Waals surface area contributed by atoms with Crippen LogP contribution in [-0.2, 0) is 0 Å². The summed E-state index contributed by atoms with van der Waals surface area (Å²) < 4.78 is 0. The van der Waals surface area contributed by atoms with Crippen LogP contribution in [0.15, 0.2) is 12.3 Å². The number of piperidine rings is 1. The van der Waals surface area contributed by atoms with Crippen molar-refractivity contribution in [3.8, 4) is 0 Å². The van der Waals surface area contributed by atoms with Crippen LogP contribution < -0.4 is 5.32 Å². The molecule has 1 aliphatic heterocycles. The fraction of sp³-hybridized carbons (Fsp3) is 0.583. The lowest BCUT2D eigenvalue weighted by Gasteiger charge is -2.28. The van der Waals surface area contributed by atoms with Crippen LogP contribution in [0.25, 0.3) is 0 Å². The van der Waals surface area contributed by atoms with E-state index in [9.17, 15) is 4.79 Å². The number of carbonyl (C=O) groups excluding carboxylic acids is 1. The quantitative estimate of drug-likeness (QED) is 0.867. The lowest BCUT2D eigenvalue weighted by molar-refractivity contribution is 0.0770. The van der Waals surface area contributed by atoms with Crippen molar-refractivity contribution < 1.29 is 4.79 Å². The van der Waals surface area contributed by atoms with Gasteiger partial charge in [0.2, 0.25) is 0 Å². The van der Waals surface area contributed by atoms with Gasteiger partial charge in [-0.05, 0) is 25.5 Å². The average Bonchev–Trinajstić information content (AvgIpc) is 2.76. The van der Waals surface area contributed by atoms with Crippen LogP contribution in [0.1, 0.15) is 29.8 Å². The molecule has 1 aliphatic rings. The summed E-state index contributed by atoms with van der Waals surface area (Å²) in [5, 5.41) is 4.00. The summed E-state index contributed by atoms with van der Waals surface area (Å²) in [6.07, 6.45) is 5.25. The molecule has 2 rings (SSSR count). The average molecular weight is 256 g/mol. The second-order valence-corrected chi connectivity index (χ2v) is 5.00. The maximum atomic E-state index is 12.0. The molecule has 0 spiro atoms. The molecule has 0 saturated carbocycles. The van der Waals surface area contributed by atoms with E-state index in [1.807, 2.05) is 7.05 Å². The Morgan fingerprint density at radius 1 is 1.59 bits per heavy atom. The molecule has 1 atom stereocenters. The molecule has 94 valence electrons. The molecule has 1 unspecified atom stereocenters. The highest BCUT2D eigenvalue weighted by atomic mass is 35.5. The number of halogens is 1. The molecule has 0 bridgehead atoms. The van der Waals surface area contributed by atoms with E-state index in [0.717, 1.165) is 19.5 Å². The Labute approximate surface area is 106 Å². The van der Waals surface area contributed by atoms with Crippen molar-refractivity contribution in [2.45, 2.75) is 25.3 Å². The van der Waals surface area contributed by atoms with E-state index in [4.69, 9.17) is 11.6 Å². The molecule has 1 amide bonds. The zero-order valence-corrected chi connectivity index (χ0v) is 10.8. The number of likely N-dealkylation sites (N-methyl/N-ethyl adjacent to an activating group) is 1. The van der Waals surface area contributed by atoms with Crippen LogP contribution in [-0.4, -0.2) is 42.0 Å². The SMILES string of the molecule is CN(CC1CCCCN1)C(=O)c1cc(Cl)c[nH]1. The first-order valence-corrected chi connectivity index (χ1v) is 6.37. The predicted octanol–water partition coefficient (Wildman–Crippen LogP) is 1.88. The first-order valence-electron chi connectivity index (χ1n) is 5.99. The van der Waals surface area contributed by atoms with Crippen LogP contribution in [0.5, 0.6) is 0 Å². The van der Waals surface area contributed by atoms with Gasteiger partial charge in [0.1, 0.15) is 5.69 Å². The zero-order chi connectivity index (χ0) is 12.3. The Kier molecular flexibility index (Phi) is 4.07. The summed E-state index contributed by atoms with van der Waals surface area (Å²) in [5.74, 6) is -0.00993. The maximum absolute atomic E-state index is 12.0. The summed E-state index contributed by atoms with van der Waals surface area (Å²) >= 11 is 5.79. The number of aromatic amines is 1. The van der Waals surface area contributed by atoms with Crippen LogP contribution >= 0.6 is 11.6 Å². The number of hydrogen-bond acceptors (Lipinski definition) is 2. The van der Waals surface area contributed by atoms with Gasteiger partial charge in [0.15, 0.2) is 0 Å². The minimum atomic E-state index is -0.00993. The maximum Gasteiger partial charge on any atom is 0.270 e. The van der Waals surface area contributed by atoms with E-state index < -0.39 is 0 Å². The van der Waals surface area contributed by atoms with Gasteiger partial charge in [-0.3, -0.25) is 4.79 Å². The first-order chi connectivity index (χ1) is 8.16. The third kappa shape index (κ3) is 3.23. The number of hydrogen-bond donors (Lipinski definition) is 2. The minimum absolute atomic E-state index is 0.00993. The predicted molar refractivity (Wildman–Crippen MR) is 68.4 cm³/mol. The number of nitrogens with one attached hydrogen (secondary N) is 2. The van der Waals surface area contributed by atoms with Gasteiger partial charge in [-0.25, -0.2) is 0 Å². The Balaban J connectivity index is 1.90. The zero-order valence-electron chi connectivity index (χ0n) is 10.0. The molecule has 0 aliphatic carbocycles. The number of aromatic nitrogens is 1. The molecule has 1 aromatic heterocycles. The van der Waals surface area contributed by atoms with Crippen molar-refractivity contribution in [3.05, 3.63) is 23.0 Å². The van der Waals surface area contributed by atoms with Gasteiger partial charge in [0.05, 0.1) is 5.02 Å². The Hall–Kier alpha value is -1.00. The number of nitrogens with zero attached hydrogens (tertiary/aromatic N) is 1. The topological polar surface area (TPSA) is 48.1 Å². The number of amides is 1. The van der Waals surface area contributed by atoms with Crippen molar-refractivity contribution in [2.75, 3.05) is 20.1 Å². The smallest absolute Gasteiger partial charge is 0.270 e. The Morgan fingerprint density at radius 3 is 3.00 bits per heavy atom. The third-order valence-corrected chi connectivity index (χ3v) is 3.35. The molecule has 1 aromatic rings. The van der Waals surface area contributed by atoms with E-state index in [1.54, 1.807) is 17.2 Å². The van der Waals surface area contributed by atoms with E-state index in [2.05, 4.69) is 10.3 Å². The summed E-state index contributed by atoms with van der Waals surface area (Å²) in [5.41, 5.74) is 0.549. The van der Waals surface area contributed by atoms with Crippen LogP contribution in [0, 0.1) is 0 Å². The molecule has 0 aromatic carbocycles. The first kappa shape index (κ1) is 12.5. The highest BCUT2D eigenvalue weighted by Gasteiger charge is 2.19. The highest BCUT2D eigenvalue weighted by Crippen LogP contribution is 2.13. The molecule has 1 fully saturated rings. The van der Waals surface area contributed by atoms with Crippen LogP contribution in [0.3, 0.4) is 0 Å². The van der Waals surface area contributed by atoms with Crippen molar-refractivity contribution >= 4 is 17.5 Å². The van der Waals surface area contributed by atoms with Gasteiger partial charge in [0, 0.05) is 25.8 Å². The Morgan fingerprint density at radius 2 is 2.41 bits per heavy atom. The van der Waals surface area contributed by atoms with E-state index in [-0.39, 0.29) is 5.91 Å². The number of rotatable bonds is 3. The van der Waals surface area contributed by atoms with E-state index >= 15 is 0 Å². The molecular formula is C12H18ClN3O. The molecule has 2 heterocycles. The lowest BCUT2D eigenvalue weighted by atomic mass is 10.0. The summed E-state index contributed by atoms with van der Waals surface area (Å²) in [6, 6.07) is 2.08. The number of carbonyl (C=O) groups is 1. The number of H-pyrrole nitrogens is 1. The monoisotopic (exact) mass is 255 g/mol. The molecule has 17 heavy (non-hydrogen) atoms. The molecule has 0 radical (unpaired) electrons.